The zero-order valence-corrected chi connectivity index (χ0v) is 17.2. The van der Waals surface area contributed by atoms with E-state index in [-0.39, 0.29) is 6.03 Å². The van der Waals surface area contributed by atoms with Gasteiger partial charge in [-0.2, -0.15) is 5.10 Å². The molecule has 31 heavy (non-hydrogen) atoms. The summed E-state index contributed by atoms with van der Waals surface area (Å²) in [5.74, 6) is -0.482. The average Bonchev–Trinajstić information content (AvgIpc) is 3.21. The van der Waals surface area contributed by atoms with E-state index in [1.54, 1.807) is 18.2 Å². The third kappa shape index (κ3) is 5.19. The van der Waals surface area contributed by atoms with Gasteiger partial charge in [0.15, 0.2) is 0 Å². The van der Waals surface area contributed by atoms with E-state index in [1.165, 1.54) is 0 Å². The molecule has 2 heterocycles. The molecule has 5 N–H and O–H groups in total. The molecule has 1 aromatic heterocycles. The number of carbonyl (C=O) groups is 2. The predicted molar refractivity (Wildman–Crippen MR) is 119 cm³/mol. The molecule has 0 saturated carbocycles. The number of urea groups is 1. The Morgan fingerprint density at radius 3 is 2.65 bits per heavy atom. The Hall–Kier alpha value is -3.43. The van der Waals surface area contributed by atoms with Crippen LogP contribution in [0, 0.1) is 0 Å². The van der Waals surface area contributed by atoms with Crippen molar-refractivity contribution in [3.63, 3.8) is 0 Å². The summed E-state index contributed by atoms with van der Waals surface area (Å²) in [6.45, 7) is 5.03. The number of hydrogen-bond donors (Lipinski definition) is 4. The van der Waals surface area contributed by atoms with Crippen molar-refractivity contribution in [2.75, 3.05) is 44.7 Å². The molecule has 0 spiro atoms. The number of benzene rings is 2. The van der Waals surface area contributed by atoms with Crippen LogP contribution in [0.3, 0.4) is 0 Å². The molecule has 0 bridgehead atoms. The van der Waals surface area contributed by atoms with Gasteiger partial charge in [-0.05, 0) is 43.3 Å². The van der Waals surface area contributed by atoms with Gasteiger partial charge in [0.05, 0.1) is 24.4 Å². The molecule has 1 fully saturated rings. The van der Waals surface area contributed by atoms with Gasteiger partial charge in [-0.25, -0.2) is 4.79 Å². The largest absolute Gasteiger partial charge is 0.379 e. The zero-order valence-electron chi connectivity index (χ0n) is 17.2. The number of anilines is 1. The van der Waals surface area contributed by atoms with Gasteiger partial charge in [0.2, 0.25) is 5.91 Å². The maximum atomic E-state index is 12.1. The van der Waals surface area contributed by atoms with Crippen LogP contribution in [-0.2, 0) is 4.74 Å². The first-order valence-corrected chi connectivity index (χ1v) is 10.3. The molecule has 0 unspecified atom stereocenters. The normalized spacial score (nSPS) is 14.5. The minimum atomic E-state index is -0.482. The Labute approximate surface area is 179 Å². The van der Waals surface area contributed by atoms with Crippen LogP contribution in [0.2, 0.25) is 0 Å². The van der Waals surface area contributed by atoms with Gasteiger partial charge in [-0.15, -0.1) is 0 Å². The number of fused-ring (bicyclic) bond motifs is 1. The number of primary amides is 1. The summed E-state index contributed by atoms with van der Waals surface area (Å²) in [5.41, 5.74) is 8.91. The third-order valence-electron chi connectivity index (χ3n) is 5.30. The summed E-state index contributed by atoms with van der Waals surface area (Å²) in [5, 5.41) is 13.9. The van der Waals surface area contributed by atoms with E-state index in [0.29, 0.717) is 17.8 Å². The molecule has 9 nitrogen and oxygen atoms in total. The van der Waals surface area contributed by atoms with Gasteiger partial charge in [-0.3, -0.25) is 14.8 Å². The van der Waals surface area contributed by atoms with Gasteiger partial charge >= 0.3 is 6.03 Å². The van der Waals surface area contributed by atoms with E-state index in [9.17, 15) is 9.59 Å². The molecule has 162 valence electrons. The molecule has 3 amide bonds. The summed E-state index contributed by atoms with van der Waals surface area (Å²) in [7, 11) is 0. The quantitative estimate of drug-likeness (QED) is 0.434. The van der Waals surface area contributed by atoms with Crippen LogP contribution in [0.5, 0.6) is 0 Å². The van der Waals surface area contributed by atoms with Crippen molar-refractivity contribution in [1.82, 2.24) is 20.4 Å². The number of amides is 3. The van der Waals surface area contributed by atoms with E-state index < -0.39 is 5.91 Å². The number of nitrogens with two attached hydrogens (primary N) is 1. The number of rotatable bonds is 7. The molecular weight excluding hydrogens is 396 g/mol. The van der Waals surface area contributed by atoms with Crippen LogP contribution in [0.1, 0.15) is 16.8 Å². The van der Waals surface area contributed by atoms with E-state index >= 15 is 0 Å². The summed E-state index contributed by atoms with van der Waals surface area (Å²) in [6, 6.07) is 12.3. The molecule has 0 aliphatic carbocycles. The molecule has 0 radical (unpaired) electrons. The Morgan fingerprint density at radius 2 is 1.90 bits per heavy atom. The molecule has 2 aromatic carbocycles. The highest BCUT2D eigenvalue weighted by Gasteiger charge is 2.12. The fraction of sp³-hybridized carbons (Fsp3) is 0.318. The minimum Gasteiger partial charge on any atom is -0.379 e. The van der Waals surface area contributed by atoms with E-state index in [1.807, 2.05) is 24.3 Å². The highest BCUT2D eigenvalue weighted by molar-refractivity contribution is 6.01. The standard InChI is InChI=1S/C22H26N6O3/c23-21(29)16-4-7-19-18(14-16)20(27-26-19)15-2-5-17(6-3-15)25-22(30)24-8-1-9-28-10-12-31-13-11-28/h2-7,14H,1,8-13H2,(H2,23,29)(H,26,27)(H2,24,25,30). The number of aromatic amines is 1. The minimum absolute atomic E-state index is 0.231. The molecule has 1 saturated heterocycles. The third-order valence-corrected chi connectivity index (χ3v) is 5.30. The maximum absolute atomic E-state index is 12.1. The second-order valence-electron chi connectivity index (χ2n) is 7.46. The average molecular weight is 422 g/mol. The highest BCUT2D eigenvalue weighted by atomic mass is 16.5. The number of H-pyrrole nitrogens is 1. The number of aromatic nitrogens is 2. The van der Waals surface area contributed by atoms with Crippen LogP contribution in [0.25, 0.3) is 22.2 Å². The van der Waals surface area contributed by atoms with Crippen LogP contribution >= 0.6 is 0 Å². The van der Waals surface area contributed by atoms with Crippen molar-refractivity contribution < 1.29 is 14.3 Å². The smallest absolute Gasteiger partial charge is 0.319 e. The summed E-state index contributed by atoms with van der Waals surface area (Å²) in [4.78, 5) is 26.0. The first-order chi connectivity index (χ1) is 15.1. The van der Waals surface area contributed by atoms with Crippen molar-refractivity contribution in [3.8, 4) is 11.3 Å². The number of nitrogens with zero attached hydrogens (tertiary/aromatic N) is 2. The lowest BCUT2D eigenvalue weighted by Gasteiger charge is -2.26. The second kappa shape index (κ2) is 9.59. The second-order valence-corrected chi connectivity index (χ2v) is 7.46. The van der Waals surface area contributed by atoms with Gasteiger partial charge in [-0.1, -0.05) is 12.1 Å². The fourth-order valence-electron chi connectivity index (χ4n) is 3.60. The highest BCUT2D eigenvalue weighted by Crippen LogP contribution is 2.28. The van der Waals surface area contributed by atoms with Crippen LogP contribution < -0.4 is 16.4 Å². The lowest BCUT2D eigenvalue weighted by Crippen LogP contribution is -2.38. The first-order valence-electron chi connectivity index (χ1n) is 10.3. The Bertz CT molecular complexity index is 1060. The molecular formula is C22H26N6O3. The number of ether oxygens (including phenoxy) is 1. The predicted octanol–water partition coefficient (Wildman–Crippen LogP) is 2.17. The van der Waals surface area contributed by atoms with Crippen molar-refractivity contribution in [3.05, 3.63) is 48.0 Å². The maximum Gasteiger partial charge on any atom is 0.319 e. The first kappa shape index (κ1) is 20.8. The van der Waals surface area contributed by atoms with Gasteiger partial charge in [0.25, 0.3) is 0 Å². The number of morpholine rings is 1. The number of hydrogen-bond acceptors (Lipinski definition) is 5. The SMILES string of the molecule is NC(=O)c1ccc2[nH]nc(-c3ccc(NC(=O)NCCCN4CCOCC4)cc3)c2c1. The lowest BCUT2D eigenvalue weighted by atomic mass is 10.1. The molecule has 3 aromatic rings. The zero-order chi connectivity index (χ0) is 21.6. The van der Waals surface area contributed by atoms with Crippen molar-refractivity contribution in [1.29, 1.82) is 0 Å². The monoisotopic (exact) mass is 422 g/mol. The number of nitrogens with one attached hydrogen (secondary N) is 3. The molecule has 1 aliphatic rings. The molecule has 0 atom stereocenters. The summed E-state index contributed by atoms with van der Waals surface area (Å²) < 4.78 is 5.33. The Balaban J connectivity index is 1.32. The van der Waals surface area contributed by atoms with E-state index in [0.717, 1.165) is 61.4 Å². The van der Waals surface area contributed by atoms with Gasteiger partial charge in [0, 0.05) is 41.8 Å². The lowest BCUT2D eigenvalue weighted by molar-refractivity contribution is 0.0375. The Morgan fingerprint density at radius 1 is 1.13 bits per heavy atom. The van der Waals surface area contributed by atoms with E-state index in [4.69, 9.17) is 10.5 Å². The number of carbonyl (C=O) groups excluding carboxylic acids is 2. The van der Waals surface area contributed by atoms with E-state index in [2.05, 4.69) is 25.7 Å². The van der Waals surface area contributed by atoms with Gasteiger partial charge in [0.1, 0.15) is 0 Å². The van der Waals surface area contributed by atoms with Crippen molar-refractivity contribution >= 4 is 28.5 Å². The fourth-order valence-corrected chi connectivity index (χ4v) is 3.60. The Kier molecular flexibility index (Phi) is 6.44. The van der Waals surface area contributed by atoms with Crippen LogP contribution in [-0.4, -0.2) is 66.4 Å². The van der Waals surface area contributed by atoms with Gasteiger partial charge < -0.3 is 21.1 Å². The van der Waals surface area contributed by atoms with Crippen LogP contribution in [0.15, 0.2) is 42.5 Å². The summed E-state index contributed by atoms with van der Waals surface area (Å²) in [6.07, 6.45) is 0.895. The molecule has 4 rings (SSSR count). The topological polar surface area (TPSA) is 125 Å². The van der Waals surface area contributed by atoms with Crippen molar-refractivity contribution in [2.45, 2.75) is 6.42 Å². The molecule has 1 aliphatic heterocycles. The summed E-state index contributed by atoms with van der Waals surface area (Å²) >= 11 is 0. The van der Waals surface area contributed by atoms with Crippen LogP contribution in [0.4, 0.5) is 10.5 Å². The van der Waals surface area contributed by atoms with Crippen molar-refractivity contribution in [2.24, 2.45) is 5.73 Å². The molecule has 9 heteroatoms.